The summed E-state index contributed by atoms with van der Waals surface area (Å²) in [4.78, 5) is 1.93. The van der Waals surface area contributed by atoms with Crippen LogP contribution in [0, 0.1) is 0 Å². The lowest BCUT2D eigenvalue weighted by molar-refractivity contribution is 0.0460. The summed E-state index contributed by atoms with van der Waals surface area (Å²) in [5.74, 6) is 0. The number of nitrogens with zero attached hydrogens (tertiary/aromatic N) is 3. The molecule has 7 heteroatoms. The topological polar surface area (TPSA) is 100 Å². The molecular formula is C12H19N5O2. The van der Waals surface area contributed by atoms with Crippen LogP contribution >= 0.6 is 0 Å². The molecule has 0 radical (unpaired) electrons. The van der Waals surface area contributed by atoms with Gasteiger partial charge < -0.3 is 21.1 Å². The molecule has 0 saturated heterocycles. The first-order valence-electron chi connectivity index (χ1n) is 6.01. The van der Waals surface area contributed by atoms with E-state index in [1.807, 2.05) is 19.0 Å². The number of nitrogens with two attached hydrogens (primary N) is 1. The predicted molar refractivity (Wildman–Crippen MR) is 73.9 cm³/mol. The largest absolute Gasteiger partial charge is 0.397 e. The number of fused-ring (bicyclic) bond motifs is 1. The fraction of sp³-hybridized carbons (Fsp3) is 0.500. The van der Waals surface area contributed by atoms with E-state index in [9.17, 15) is 5.11 Å². The van der Waals surface area contributed by atoms with E-state index < -0.39 is 5.60 Å². The van der Waals surface area contributed by atoms with E-state index in [4.69, 9.17) is 10.4 Å². The Kier molecular flexibility index (Phi) is 3.59. The Labute approximate surface area is 111 Å². The Morgan fingerprint density at radius 1 is 1.37 bits per heavy atom. The van der Waals surface area contributed by atoms with Gasteiger partial charge in [0.15, 0.2) is 11.0 Å². The lowest BCUT2D eigenvalue weighted by Crippen LogP contribution is -2.43. The second-order valence-corrected chi connectivity index (χ2v) is 5.25. The quantitative estimate of drug-likeness (QED) is 0.678. The fourth-order valence-corrected chi connectivity index (χ4v) is 2.05. The van der Waals surface area contributed by atoms with E-state index in [0.29, 0.717) is 29.8 Å². The van der Waals surface area contributed by atoms with Crippen molar-refractivity contribution in [2.45, 2.75) is 12.5 Å². The molecule has 1 unspecified atom stereocenters. The third kappa shape index (κ3) is 3.12. The van der Waals surface area contributed by atoms with Crippen LogP contribution in [0.25, 0.3) is 11.0 Å². The van der Waals surface area contributed by atoms with E-state index in [2.05, 4.69) is 15.6 Å². The van der Waals surface area contributed by atoms with E-state index in [1.165, 1.54) is 0 Å². The highest BCUT2D eigenvalue weighted by atomic mass is 16.6. The lowest BCUT2D eigenvalue weighted by atomic mass is 10.1. The average molecular weight is 265 g/mol. The molecule has 19 heavy (non-hydrogen) atoms. The Morgan fingerprint density at radius 3 is 2.74 bits per heavy atom. The highest BCUT2D eigenvalue weighted by Crippen LogP contribution is 2.25. The summed E-state index contributed by atoms with van der Waals surface area (Å²) in [7, 11) is 3.83. The zero-order valence-electron chi connectivity index (χ0n) is 11.3. The van der Waals surface area contributed by atoms with E-state index in [1.54, 1.807) is 19.1 Å². The molecule has 0 fully saturated rings. The van der Waals surface area contributed by atoms with Crippen LogP contribution in [0.3, 0.4) is 0 Å². The van der Waals surface area contributed by atoms with Crippen molar-refractivity contribution in [2.75, 3.05) is 38.2 Å². The number of benzene rings is 1. The minimum absolute atomic E-state index is 0.386. The summed E-state index contributed by atoms with van der Waals surface area (Å²) >= 11 is 0. The van der Waals surface area contributed by atoms with Gasteiger partial charge in [0, 0.05) is 13.1 Å². The summed E-state index contributed by atoms with van der Waals surface area (Å²) in [6.07, 6.45) is 0. The van der Waals surface area contributed by atoms with Gasteiger partial charge in [0.2, 0.25) is 0 Å². The summed E-state index contributed by atoms with van der Waals surface area (Å²) in [5.41, 5.74) is 7.27. The molecule has 1 heterocycles. The molecule has 0 saturated carbocycles. The van der Waals surface area contributed by atoms with Crippen molar-refractivity contribution in [2.24, 2.45) is 0 Å². The minimum Gasteiger partial charge on any atom is -0.397 e. The standard InChI is InChI=1S/C12H19N5O2/c1-12(18,7-17(2)3)6-14-9-5-4-8(13)10-11(9)16-19-15-10/h4-5,14,18H,6-7,13H2,1-3H3. The highest BCUT2D eigenvalue weighted by Gasteiger charge is 2.21. The first-order chi connectivity index (χ1) is 8.89. The number of likely N-dealkylation sites (N-methyl/N-ethyl adjacent to an activating group) is 1. The maximum Gasteiger partial charge on any atom is 0.160 e. The van der Waals surface area contributed by atoms with Crippen LogP contribution in [0.4, 0.5) is 11.4 Å². The minimum atomic E-state index is -0.853. The van der Waals surface area contributed by atoms with Crippen LogP contribution in [0.5, 0.6) is 0 Å². The number of rotatable bonds is 5. The molecule has 104 valence electrons. The van der Waals surface area contributed by atoms with Crippen LogP contribution < -0.4 is 11.1 Å². The number of hydrogen-bond donors (Lipinski definition) is 3. The van der Waals surface area contributed by atoms with Gasteiger partial charge >= 0.3 is 0 Å². The highest BCUT2D eigenvalue weighted by molar-refractivity contribution is 5.94. The molecular weight excluding hydrogens is 246 g/mol. The molecule has 1 aromatic carbocycles. The molecule has 0 spiro atoms. The van der Waals surface area contributed by atoms with Gasteiger partial charge in [-0.05, 0) is 43.5 Å². The second-order valence-electron chi connectivity index (χ2n) is 5.25. The van der Waals surface area contributed by atoms with Gasteiger partial charge in [0.25, 0.3) is 0 Å². The van der Waals surface area contributed by atoms with Gasteiger partial charge in [-0.3, -0.25) is 0 Å². The van der Waals surface area contributed by atoms with Gasteiger partial charge in [-0.25, -0.2) is 4.63 Å². The van der Waals surface area contributed by atoms with Crippen molar-refractivity contribution >= 4 is 22.4 Å². The zero-order chi connectivity index (χ0) is 14.0. The third-order valence-electron chi connectivity index (χ3n) is 2.76. The number of aromatic nitrogens is 2. The molecule has 2 aromatic rings. The Morgan fingerprint density at radius 2 is 2.05 bits per heavy atom. The van der Waals surface area contributed by atoms with Crippen LogP contribution in [0.15, 0.2) is 16.8 Å². The molecule has 0 amide bonds. The van der Waals surface area contributed by atoms with E-state index in [-0.39, 0.29) is 0 Å². The third-order valence-corrected chi connectivity index (χ3v) is 2.76. The molecule has 4 N–H and O–H groups in total. The molecule has 2 rings (SSSR count). The van der Waals surface area contributed by atoms with Crippen molar-refractivity contribution in [3.63, 3.8) is 0 Å². The van der Waals surface area contributed by atoms with Gasteiger partial charge in [0.1, 0.15) is 0 Å². The Hall–Kier alpha value is -1.86. The van der Waals surface area contributed by atoms with Gasteiger partial charge in [-0.15, -0.1) is 0 Å². The lowest BCUT2D eigenvalue weighted by Gasteiger charge is -2.27. The van der Waals surface area contributed by atoms with Crippen LogP contribution in [0.1, 0.15) is 6.92 Å². The number of hydrogen-bond acceptors (Lipinski definition) is 7. The summed E-state index contributed by atoms with van der Waals surface area (Å²) in [5, 5.41) is 21.0. The first-order valence-corrected chi connectivity index (χ1v) is 6.01. The number of nitrogen functional groups attached to an aromatic ring is 1. The normalized spacial score (nSPS) is 14.8. The molecule has 1 atom stereocenters. The zero-order valence-corrected chi connectivity index (χ0v) is 11.3. The molecule has 1 aromatic heterocycles. The smallest absolute Gasteiger partial charge is 0.160 e. The molecule has 0 aliphatic rings. The van der Waals surface area contributed by atoms with Crippen LogP contribution in [-0.2, 0) is 0 Å². The maximum absolute atomic E-state index is 10.2. The number of nitrogens with one attached hydrogen (secondary N) is 1. The average Bonchev–Trinajstić information content (AvgIpc) is 2.76. The van der Waals surface area contributed by atoms with E-state index >= 15 is 0 Å². The molecule has 0 bridgehead atoms. The fourth-order valence-electron chi connectivity index (χ4n) is 2.05. The van der Waals surface area contributed by atoms with E-state index in [0.717, 1.165) is 5.69 Å². The van der Waals surface area contributed by atoms with Gasteiger partial charge in [-0.2, -0.15) is 0 Å². The van der Waals surface area contributed by atoms with Crippen LogP contribution in [0.2, 0.25) is 0 Å². The van der Waals surface area contributed by atoms with Crippen molar-refractivity contribution < 1.29 is 9.74 Å². The molecule has 7 nitrogen and oxygen atoms in total. The molecule has 0 aliphatic heterocycles. The number of anilines is 2. The first kappa shape index (κ1) is 13.6. The van der Waals surface area contributed by atoms with Gasteiger partial charge in [-0.1, -0.05) is 0 Å². The van der Waals surface area contributed by atoms with Crippen LogP contribution in [-0.4, -0.2) is 53.1 Å². The summed E-state index contributed by atoms with van der Waals surface area (Å²) in [6, 6.07) is 3.53. The van der Waals surface area contributed by atoms with Crippen molar-refractivity contribution in [1.29, 1.82) is 0 Å². The number of aliphatic hydroxyl groups is 1. The maximum atomic E-state index is 10.2. The van der Waals surface area contributed by atoms with Crippen molar-refractivity contribution in [3.05, 3.63) is 12.1 Å². The molecule has 0 aliphatic carbocycles. The SMILES string of the molecule is CN(C)CC(C)(O)CNc1ccc(N)c2nonc12. The Balaban J connectivity index is 2.14. The summed E-state index contributed by atoms with van der Waals surface area (Å²) < 4.78 is 4.69. The Bertz CT molecular complexity index is 564. The van der Waals surface area contributed by atoms with Crippen molar-refractivity contribution in [3.8, 4) is 0 Å². The van der Waals surface area contributed by atoms with Crippen molar-refractivity contribution in [1.82, 2.24) is 15.2 Å². The predicted octanol–water partition coefficient (Wildman–Crippen LogP) is 0.529. The summed E-state index contributed by atoms with van der Waals surface area (Å²) in [6.45, 7) is 2.71. The second kappa shape index (κ2) is 5.02. The monoisotopic (exact) mass is 265 g/mol. The van der Waals surface area contributed by atoms with Gasteiger partial charge in [0.05, 0.1) is 17.0 Å².